The summed E-state index contributed by atoms with van der Waals surface area (Å²) in [6, 6.07) is 16.8. The molecule has 274 valence electrons. The van der Waals surface area contributed by atoms with E-state index in [4.69, 9.17) is 23.5 Å². The zero-order valence-corrected chi connectivity index (χ0v) is 30.6. The normalized spacial score (nSPS) is 21.8. The number of aromatic nitrogens is 3. The maximum atomic E-state index is 14.3. The summed E-state index contributed by atoms with van der Waals surface area (Å²) in [5, 5.41) is 22.0. The Morgan fingerprint density at radius 3 is 2.65 bits per heavy atom. The van der Waals surface area contributed by atoms with Gasteiger partial charge in [-0.25, -0.2) is 9.97 Å². The van der Waals surface area contributed by atoms with Crippen LogP contribution in [0.4, 0.5) is 5.69 Å². The number of rotatable bonds is 5. The first-order chi connectivity index (χ1) is 26.0. The maximum Gasteiger partial charge on any atom is 0.252 e. The van der Waals surface area contributed by atoms with Crippen molar-refractivity contribution < 1.29 is 28.3 Å². The van der Waals surface area contributed by atoms with E-state index in [1.165, 1.54) is 0 Å². The summed E-state index contributed by atoms with van der Waals surface area (Å²) in [6.45, 7) is 7.46. The van der Waals surface area contributed by atoms with Crippen molar-refractivity contribution >= 4 is 28.4 Å². The van der Waals surface area contributed by atoms with Crippen LogP contribution in [0.5, 0.6) is 5.75 Å². The third kappa shape index (κ3) is 4.28. The van der Waals surface area contributed by atoms with Gasteiger partial charge < -0.3 is 39.2 Å². The van der Waals surface area contributed by atoms with Crippen molar-refractivity contribution in [1.82, 2.24) is 25.2 Å². The summed E-state index contributed by atoms with van der Waals surface area (Å²) in [6.07, 6.45) is 3.73. The Balaban J connectivity index is 1.27. The molecule has 0 radical (unpaired) electrons. The van der Waals surface area contributed by atoms with Crippen molar-refractivity contribution in [2.45, 2.75) is 76.3 Å². The molecule has 2 amide bonds. The second-order valence-corrected chi connectivity index (χ2v) is 15.3. The number of anilines is 1. The van der Waals surface area contributed by atoms with Gasteiger partial charge in [0.05, 0.1) is 6.20 Å². The molecular weight excluding hydrogens is 684 g/mol. The Morgan fingerprint density at radius 1 is 1.06 bits per heavy atom. The highest BCUT2D eigenvalue weighted by molar-refractivity contribution is 6.08. The third-order valence-corrected chi connectivity index (χ3v) is 12.0. The van der Waals surface area contributed by atoms with E-state index in [2.05, 4.69) is 63.1 Å². The van der Waals surface area contributed by atoms with Gasteiger partial charge in [0.2, 0.25) is 17.7 Å². The topological polar surface area (TPSA) is 157 Å². The lowest BCUT2D eigenvalue weighted by atomic mass is 9.72. The lowest BCUT2D eigenvalue weighted by molar-refractivity contribution is -0.143. The Kier molecular flexibility index (Phi) is 6.86. The highest BCUT2D eigenvalue weighted by Gasteiger charge is 2.61. The monoisotopic (exact) mass is 724 g/mol. The quantitative estimate of drug-likeness (QED) is 0.159. The summed E-state index contributed by atoms with van der Waals surface area (Å²) in [5.74, 6) is 1.09. The molecule has 4 unspecified atom stereocenters. The van der Waals surface area contributed by atoms with Gasteiger partial charge in [0.1, 0.15) is 28.8 Å². The second-order valence-electron chi connectivity index (χ2n) is 15.3. The fourth-order valence-corrected chi connectivity index (χ4v) is 8.97. The van der Waals surface area contributed by atoms with Crippen LogP contribution >= 0.6 is 0 Å². The molecule has 4 N–H and O–H groups in total. The standard InChI is InChI=1S/C42H40N6O6/c1-6-41(51,7-2)39(50)44-27-17-21-14-15-29-26(16-21)42-25-12-8-11-23(33(25)47-40(42)53-29)22-10-9-13-28-31(22)24(19-48(28)5)30-18-43-37(52-30)34-35(42)54-38(46-34)32(20(3)4)45-36(27)49/h8-16,18-20,27,32,40,47,51H,6-7,17H2,1-5H3,(H,44,50)(H,45,49). The average molecular weight is 725 g/mol. The van der Waals surface area contributed by atoms with Crippen molar-refractivity contribution in [1.29, 1.82) is 0 Å². The maximum absolute atomic E-state index is 14.3. The van der Waals surface area contributed by atoms with Gasteiger partial charge in [-0.05, 0) is 42.0 Å². The first kappa shape index (κ1) is 32.7. The largest absolute Gasteiger partial charge is 0.469 e. The number of carbonyl (C=O) groups is 2. The number of nitrogens with zero attached hydrogens (tertiary/aromatic N) is 3. The number of benzene rings is 3. The van der Waals surface area contributed by atoms with E-state index in [9.17, 15) is 14.7 Å². The molecule has 12 nitrogen and oxygen atoms in total. The summed E-state index contributed by atoms with van der Waals surface area (Å²) >= 11 is 0. The molecule has 12 heteroatoms. The van der Waals surface area contributed by atoms with Crippen LogP contribution < -0.4 is 20.7 Å². The molecule has 4 aliphatic rings. The van der Waals surface area contributed by atoms with Crippen LogP contribution in [-0.4, -0.2) is 49.3 Å². The van der Waals surface area contributed by atoms with Crippen LogP contribution in [-0.2, 0) is 28.5 Å². The summed E-state index contributed by atoms with van der Waals surface area (Å²) in [5.41, 5.74) is 5.17. The van der Waals surface area contributed by atoms with Gasteiger partial charge in [-0.1, -0.05) is 70.2 Å². The molecule has 10 bridgehead atoms. The van der Waals surface area contributed by atoms with E-state index in [0.717, 1.165) is 50.0 Å². The van der Waals surface area contributed by atoms with E-state index < -0.39 is 41.1 Å². The van der Waals surface area contributed by atoms with Crippen molar-refractivity contribution in [3.05, 3.63) is 95.3 Å². The van der Waals surface area contributed by atoms with Gasteiger partial charge in [-0.2, -0.15) is 0 Å². The van der Waals surface area contributed by atoms with Crippen LogP contribution in [0.2, 0.25) is 0 Å². The first-order valence-corrected chi connectivity index (χ1v) is 18.7. The molecule has 3 aromatic carbocycles. The Morgan fingerprint density at radius 2 is 1.85 bits per heavy atom. The molecule has 0 aliphatic carbocycles. The number of fused-ring (bicyclic) bond motifs is 7. The number of para-hydroxylation sites is 1. The smallest absolute Gasteiger partial charge is 0.252 e. The molecule has 1 spiro atoms. The number of hydrogen-bond donors (Lipinski definition) is 4. The summed E-state index contributed by atoms with van der Waals surface area (Å²) in [4.78, 5) is 37.8. The molecule has 4 atom stereocenters. The van der Waals surface area contributed by atoms with Crippen molar-refractivity contribution in [2.75, 3.05) is 5.32 Å². The van der Waals surface area contributed by atoms with Gasteiger partial charge in [0.25, 0.3) is 5.91 Å². The number of nitrogens with one attached hydrogen (secondary N) is 3. The molecule has 4 aliphatic heterocycles. The zero-order valence-electron chi connectivity index (χ0n) is 30.6. The first-order valence-electron chi connectivity index (χ1n) is 18.7. The average Bonchev–Trinajstić information content (AvgIpc) is 3.99. The number of aryl methyl sites for hydroxylation is 1. The molecular formula is C42H40N6O6. The van der Waals surface area contributed by atoms with Crippen molar-refractivity contribution in [3.8, 4) is 39.8 Å². The highest BCUT2D eigenvalue weighted by atomic mass is 16.5. The van der Waals surface area contributed by atoms with Crippen LogP contribution in [0, 0.1) is 5.92 Å². The Labute approximate surface area is 310 Å². The number of hydrogen-bond acceptors (Lipinski definition) is 9. The van der Waals surface area contributed by atoms with Gasteiger partial charge in [-0.3, -0.25) is 9.59 Å². The van der Waals surface area contributed by atoms with E-state index in [1.54, 1.807) is 20.0 Å². The molecule has 54 heavy (non-hydrogen) atoms. The van der Waals surface area contributed by atoms with E-state index in [1.807, 2.05) is 39.1 Å². The molecule has 7 heterocycles. The predicted octanol–water partition coefficient (Wildman–Crippen LogP) is 6.35. The van der Waals surface area contributed by atoms with E-state index in [0.29, 0.717) is 23.0 Å². The third-order valence-electron chi connectivity index (χ3n) is 12.0. The van der Waals surface area contributed by atoms with Crippen LogP contribution in [0.3, 0.4) is 0 Å². The lowest BCUT2D eigenvalue weighted by Gasteiger charge is -2.30. The molecule has 0 saturated carbocycles. The van der Waals surface area contributed by atoms with Crippen LogP contribution in [0.1, 0.15) is 74.9 Å². The summed E-state index contributed by atoms with van der Waals surface area (Å²) < 4.78 is 22.6. The van der Waals surface area contributed by atoms with E-state index >= 15 is 0 Å². The summed E-state index contributed by atoms with van der Waals surface area (Å²) in [7, 11) is 2.02. The minimum Gasteiger partial charge on any atom is -0.469 e. The highest BCUT2D eigenvalue weighted by Crippen LogP contribution is 2.61. The van der Waals surface area contributed by atoms with Crippen molar-refractivity contribution in [2.24, 2.45) is 13.0 Å². The lowest BCUT2D eigenvalue weighted by Crippen LogP contribution is -2.55. The predicted molar refractivity (Wildman–Crippen MR) is 201 cm³/mol. The van der Waals surface area contributed by atoms with Gasteiger partial charge in [0, 0.05) is 58.5 Å². The fourth-order valence-electron chi connectivity index (χ4n) is 8.97. The van der Waals surface area contributed by atoms with Gasteiger partial charge in [0.15, 0.2) is 23.4 Å². The number of ether oxygens (including phenoxy) is 1. The minimum absolute atomic E-state index is 0.168. The molecule has 0 fully saturated rings. The van der Waals surface area contributed by atoms with E-state index in [-0.39, 0.29) is 37.0 Å². The molecule has 0 saturated heterocycles. The number of oxazole rings is 2. The van der Waals surface area contributed by atoms with Gasteiger partial charge >= 0.3 is 0 Å². The number of aliphatic hydroxyl groups is 1. The molecule has 3 aromatic heterocycles. The molecule has 10 rings (SSSR count). The number of amides is 2. The minimum atomic E-state index is -1.61. The van der Waals surface area contributed by atoms with Gasteiger partial charge in [-0.15, -0.1) is 0 Å². The van der Waals surface area contributed by atoms with Crippen molar-refractivity contribution in [3.63, 3.8) is 0 Å². The Hall–Kier alpha value is -5.88. The van der Waals surface area contributed by atoms with Crippen LogP contribution in [0.25, 0.3) is 44.9 Å². The Bertz CT molecular complexity index is 2560. The van der Waals surface area contributed by atoms with Crippen LogP contribution in [0.15, 0.2) is 75.8 Å². The zero-order chi connectivity index (χ0) is 37.3. The molecule has 6 aromatic rings. The second kappa shape index (κ2) is 11.3. The number of carbonyl (C=O) groups excluding carboxylic acids is 2. The fraction of sp³-hybridized carbons (Fsp3) is 0.333. The SMILES string of the molecule is CCC(O)(CC)C(=O)NC1Cc2ccc3c(c2)C24c5cccc(c5NC2O3)-c2cccc3c2c(cn3C)-c2cnc(o2)-c2nc(oc24)C(C(C)C)NC1=O.